The summed E-state index contributed by atoms with van der Waals surface area (Å²) in [5.74, 6) is -1.85. The molecule has 29 heavy (non-hydrogen) atoms. The van der Waals surface area contributed by atoms with E-state index in [4.69, 9.17) is 0 Å². The van der Waals surface area contributed by atoms with Crippen molar-refractivity contribution in [1.82, 2.24) is 0 Å². The molecule has 4 nitrogen and oxygen atoms in total. The van der Waals surface area contributed by atoms with E-state index in [0.717, 1.165) is 32.1 Å². The first-order chi connectivity index (χ1) is 14.0. The molecular weight excluding hydrogens is 364 g/mol. The SMILES string of the molecule is CCCCCCCCCCCCCC1(C(=O)O)CC=CCC1(CCCC)C(=O)O. The number of aliphatic carboxylic acids is 2. The van der Waals surface area contributed by atoms with Gasteiger partial charge in [0.1, 0.15) is 0 Å². The van der Waals surface area contributed by atoms with Gasteiger partial charge in [0, 0.05) is 0 Å². The largest absolute Gasteiger partial charge is 0.481 e. The Balaban J connectivity index is 2.53. The standard InChI is InChI=1S/C25H44O4/c1-3-5-7-8-9-10-11-12-13-14-15-19-25(23(28)29)21-17-16-20-24(25,22(26)27)18-6-4-2/h16-17H,3-15,18-21H2,1-2H3,(H,26,27)(H,28,29). The number of carboxylic acids is 2. The van der Waals surface area contributed by atoms with Crippen molar-refractivity contribution in [2.45, 2.75) is 123 Å². The molecule has 168 valence electrons. The monoisotopic (exact) mass is 408 g/mol. The Bertz CT molecular complexity index is 513. The van der Waals surface area contributed by atoms with Gasteiger partial charge in [0.15, 0.2) is 0 Å². The minimum Gasteiger partial charge on any atom is -0.481 e. The molecule has 0 heterocycles. The zero-order chi connectivity index (χ0) is 21.6. The van der Waals surface area contributed by atoms with Gasteiger partial charge in [-0.2, -0.15) is 0 Å². The molecule has 1 aliphatic rings. The number of hydrogen-bond donors (Lipinski definition) is 2. The molecule has 0 saturated heterocycles. The van der Waals surface area contributed by atoms with E-state index in [9.17, 15) is 19.8 Å². The van der Waals surface area contributed by atoms with Gasteiger partial charge in [-0.1, -0.05) is 109 Å². The molecular formula is C25H44O4. The Kier molecular flexibility index (Phi) is 12.3. The van der Waals surface area contributed by atoms with Crippen molar-refractivity contribution in [3.8, 4) is 0 Å². The van der Waals surface area contributed by atoms with Crippen molar-refractivity contribution in [2.75, 3.05) is 0 Å². The second-order valence-electron chi connectivity index (χ2n) is 9.04. The molecule has 2 atom stereocenters. The quantitative estimate of drug-likeness (QED) is 0.195. The van der Waals surface area contributed by atoms with Crippen LogP contribution in [-0.2, 0) is 9.59 Å². The molecule has 0 bridgehead atoms. The maximum Gasteiger partial charge on any atom is 0.311 e. The van der Waals surface area contributed by atoms with Crippen LogP contribution in [0.5, 0.6) is 0 Å². The van der Waals surface area contributed by atoms with Crippen LogP contribution in [0.3, 0.4) is 0 Å². The van der Waals surface area contributed by atoms with Gasteiger partial charge in [0.25, 0.3) is 0 Å². The average Bonchev–Trinajstić information content (AvgIpc) is 2.70. The fourth-order valence-corrected chi connectivity index (χ4v) is 5.01. The predicted molar refractivity (Wildman–Crippen MR) is 119 cm³/mol. The lowest BCUT2D eigenvalue weighted by Crippen LogP contribution is -2.53. The number of rotatable bonds is 17. The summed E-state index contributed by atoms with van der Waals surface area (Å²) >= 11 is 0. The van der Waals surface area contributed by atoms with Gasteiger partial charge < -0.3 is 10.2 Å². The highest BCUT2D eigenvalue weighted by atomic mass is 16.4. The van der Waals surface area contributed by atoms with Crippen molar-refractivity contribution in [3.63, 3.8) is 0 Å². The average molecular weight is 409 g/mol. The minimum atomic E-state index is -1.16. The second kappa shape index (κ2) is 13.8. The lowest BCUT2D eigenvalue weighted by Gasteiger charge is -2.46. The summed E-state index contributed by atoms with van der Waals surface area (Å²) in [6.45, 7) is 4.27. The molecule has 0 saturated carbocycles. The maximum atomic E-state index is 12.4. The van der Waals surface area contributed by atoms with Gasteiger partial charge in [-0.15, -0.1) is 0 Å². The van der Waals surface area contributed by atoms with Crippen LogP contribution >= 0.6 is 0 Å². The van der Waals surface area contributed by atoms with Crippen LogP contribution in [0.25, 0.3) is 0 Å². The molecule has 0 fully saturated rings. The number of allylic oxidation sites excluding steroid dienone is 2. The zero-order valence-electron chi connectivity index (χ0n) is 18.9. The van der Waals surface area contributed by atoms with Crippen molar-refractivity contribution < 1.29 is 19.8 Å². The van der Waals surface area contributed by atoms with Gasteiger partial charge in [0.05, 0.1) is 10.8 Å². The zero-order valence-corrected chi connectivity index (χ0v) is 18.9. The van der Waals surface area contributed by atoms with E-state index in [0.29, 0.717) is 25.7 Å². The Morgan fingerprint density at radius 1 is 0.621 bits per heavy atom. The molecule has 4 heteroatoms. The summed E-state index contributed by atoms with van der Waals surface area (Å²) in [6, 6.07) is 0. The first kappa shape index (κ1) is 25.7. The van der Waals surface area contributed by atoms with Crippen molar-refractivity contribution in [1.29, 1.82) is 0 Å². The highest BCUT2D eigenvalue weighted by Crippen LogP contribution is 2.55. The summed E-state index contributed by atoms with van der Waals surface area (Å²) in [4.78, 5) is 24.7. The van der Waals surface area contributed by atoms with E-state index in [1.165, 1.54) is 51.4 Å². The van der Waals surface area contributed by atoms with Crippen LogP contribution in [0.1, 0.15) is 123 Å². The molecule has 0 radical (unpaired) electrons. The fraction of sp³-hybridized carbons (Fsp3) is 0.840. The molecule has 2 N–H and O–H groups in total. The van der Waals surface area contributed by atoms with Crippen LogP contribution < -0.4 is 0 Å². The molecule has 1 aliphatic carbocycles. The van der Waals surface area contributed by atoms with E-state index in [-0.39, 0.29) is 0 Å². The molecule has 0 aliphatic heterocycles. The van der Waals surface area contributed by atoms with E-state index < -0.39 is 22.8 Å². The highest BCUT2D eigenvalue weighted by molar-refractivity contribution is 5.87. The fourth-order valence-electron chi connectivity index (χ4n) is 5.01. The summed E-state index contributed by atoms with van der Waals surface area (Å²) in [7, 11) is 0. The van der Waals surface area contributed by atoms with Crippen LogP contribution in [0.4, 0.5) is 0 Å². The summed E-state index contributed by atoms with van der Waals surface area (Å²) in [5, 5.41) is 20.2. The number of carbonyl (C=O) groups is 2. The van der Waals surface area contributed by atoms with Gasteiger partial charge in [0.2, 0.25) is 0 Å². The van der Waals surface area contributed by atoms with Gasteiger partial charge in [-0.05, 0) is 25.7 Å². The van der Waals surface area contributed by atoms with Gasteiger partial charge in [-0.3, -0.25) is 9.59 Å². The number of carboxylic acid groups (broad SMARTS) is 2. The van der Waals surface area contributed by atoms with E-state index in [1.54, 1.807) is 0 Å². The highest BCUT2D eigenvalue weighted by Gasteiger charge is 2.60. The first-order valence-corrected chi connectivity index (χ1v) is 12.1. The molecule has 0 spiro atoms. The second-order valence-corrected chi connectivity index (χ2v) is 9.04. The van der Waals surface area contributed by atoms with Crippen LogP contribution in [0.2, 0.25) is 0 Å². The van der Waals surface area contributed by atoms with Crippen LogP contribution in [0, 0.1) is 10.8 Å². The number of unbranched alkanes of at least 4 members (excludes halogenated alkanes) is 11. The predicted octanol–water partition coefficient (Wildman–Crippen LogP) is 7.37. The molecule has 0 amide bonds. The summed E-state index contributed by atoms with van der Waals surface area (Å²) in [6.07, 6.45) is 20.4. The van der Waals surface area contributed by atoms with E-state index >= 15 is 0 Å². The lowest BCUT2D eigenvalue weighted by atomic mass is 9.54. The Labute approximate surface area is 178 Å². The third-order valence-electron chi connectivity index (χ3n) is 7.00. The van der Waals surface area contributed by atoms with Crippen LogP contribution in [0.15, 0.2) is 12.2 Å². The Morgan fingerprint density at radius 2 is 0.966 bits per heavy atom. The van der Waals surface area contributed by atoms with Gasteiger partial charge >= 0.3 is 11.9 Å². The van der Waals surface area contributed by atoms with Crippen molar-refractivity contribution in [3.05, 3.63) is 12.2 Å². The van der Waals surface area contributed by atoms with Gasteiger partial charge in [-0.25, -0.2) is 0 Å². The normalized spacial score (nSPS) is 23.9. The minimum absolute atomic E-state index is 0.340. The summed E-state index contributed by atoms with van der Waals surface area (Å²) in [5.41, 5.74) is -2.33. The van der Waals surface area contributed by atoms with E-state index in [2.05, 4.69) is 6.92 Å². The molecule has 0 aromatic carbocycles. The first-order valence-electron chi connectivity index (χ1n) is 12.1. The Hall–Kier alpha value is -1.32. The molecule has 1 rings (SSSR count). The third kappa shape index (κ3) is 7.15. The topological polar surface area (TPSA) is 74.6 Å². The maximum absolute atomic E-state index is 12.4. The molecule has 0 aromatic rings. The smallest absolute Gasteiger partial charge is 0.311 e. The lowest BCUT2D eigenvalue weighted by molar-refractivity contribution is -0.177. The molecule has 0 aromatic heterocycles. The summed E-state index contributed by atoms with van der Waals surface area (Å²) < 4.78 is 0. The van der Waals surface area contributed by atoms with Crippen molar-refractivity contribution in [2.24, 2.45) is 10.8 Å². The number of hydrogen-bond acceptors (Lipinski definition) is 2. The van der Waals surface area contributed by atoms with Crippen molar-refractivity contribution >= 4 is 11.9 Å². The van der Waals surface area contributed by atoms with E-state index in [1.807, 2.05) is 19.1 Å². The molecule has 2 unspecified atom stereocenters. The van der Waals surface area contributed by atoms with Crippen LogP contribution in [-0.4, -0.2) is 22.2 Å². The Morgan fingerprint density at radius 3 is 1.34 bits per heavy atom. The third-order valence-corrected chi connectivity index (χ3v) is 7.00.